The zero-order valence-electron chi connectivity index (χ0n) is 11.3. The van der Waals surface area contributed by atoms with E-state index < -0.39 is 23.3 Å². The molecule has 1 rings (SSSR count). The summed E-state index contributed by atoms with van der Waals surface area (Å²) in [6, 6.07) is -1.04. The fourth-order valence-electron chi connectivity index (χ4n) is 2.44. The first-order chi connectivity index (χ1) is 8.85. The van der Waals surface area contributed by atoms with Gasteiger partial charge in [0.05, 0.1) is 0 Å². The topological polar surface area (TPSA) is 109 Å². The van der Waals surface area contributed by atoms with Gasteiger partial charge in [-0.25, -0.2) is 4.79 Å². The van der Waals surface area contributed by atoms with E-state index in [2.05, 4.69) is 5.32 Å². The van der Waals surface area contributed by atoms with Crippen LogP contribution in [0.3, 0.4) is 0 Å². The summed E-state index contributed by atoms with van der Waals surface area (Å²) >= 11 is 0. The number of carbonyl (C=O) groups is 3. The lowest BCUT2D eigenvalue weighted by Crippen LogP contribution is -2.48. The van der Waals surface area contributed by atoms with Gasteiger partial charge in [-0.15, -0.1) is 0 Å². The third-order valence-electron chi connectivity index (χ3n) is 3.79. The molecule has 6 heteroatoms. The molecule has 1 atom stereocenters. The molecule has 1 unspecified atom stereocenters. The van der Waals surface area contributed by atoms with Crippen molar-refractivity contribution in [2.24, 2.45) is 11.1 Å². The van der Waals surface area contributed by atoms with E-state index in [1.807, 2.05) is 6.92 Å². The maximum Gasteiger partial charge on any atom is 0.326 e. The molecule has 1 fully saturated rings. The summed E-state index contributed by atoms with van der Waals surface area (Å²) in [7, 11) is 0. The number of rotatable bonds is 6. The van der Waals surface area contributed by atoms with Crippen LogP contribution in [0.5, 0.6) is 0 Å². The van der Waals surface area contributed by atoms with E-state index in [-0.39, 0.29) is 18.7 Å². The minimum Gasteiger partial charge on any atom is -0.480 e. The summed E-state index contributed by atoms with van der Waals surface area (Å²) in [5.74, 6) is -1.93. The molecule has 0 aromatic heterocycles. The lowest BCUT2D eigenvalue weighted by atomic mass is 9.75. The van der Waals surface area contributed by atoms with E-state index in [9.17, 15) is 14.4 Å². The monoisotopic (exact) mass is 270 g/mol. The summed E-state index contributed by atoms with van der Waals surface area (Å²) in [6.45, 7) is 1.87. The van der Waals surface area contributed by atoms with Gasteiger partial charge in [-0.05, 0) is 19.3 Å². The number of carboxylic acid groups (broad SMARTS) is 1. The van der Waals surface area contributed by atoms with Crippen LogP contribution in [0.25, 0.3) is 0 Å². The zero-order chi connectivity index (χ0) is 14.5. The first-order valence-corrected chi connectivity index (χ1v) is 6.67. The summed E-state index contributed by atoms with van der Waals surface area (Å²) in [4.78, 5) is 34.0. The van der Waals surface area contributed by atoms with E-state index >= 15 is 0 Å². The highest BCUT2D eigenvalue weighted by molar-refractivity contribution is 5.87. The highest BCUT2D eigenvalue weighted by atomic mass is 16.4. The maximum atomic E-state index is 12.2. The predicted molar refractivity (Wildman–Crippen MR) is 69.2 cm³/mol. The number of hydrogen-bond acceptors (Lipinski definition) is 3. The maximum absolute atomic E-state index is 12.2. The molecular formula is C13H22N2O4. The molecule has 4 N–H and O–H groups in total. The summed E-state index contributed by atoms with van der Waals surface area (Å²) < 4.78 is 0. The van der Waals surface area contributed by atoms with Crippen molar-refractivity contribution in [2.75, 3.05) is 0 Å². The van der Waals surface area contributed by atoms with Crippen molar-refractivity contribution in [1.29, 1.82) is 0 Å². The van der Waals surface area contributed by atoms with Crippen molar-refractivity contribution in [2.45, 2.75) is 57.9 Å². The predicted octanol–water partition coefficient (Wildman–Crippen LogP) is 0.792. The van der Waals surface area contributed by atoms with Crippen LogP contribution in [0.2, 0.25) is 0 Å². The SMILES string of the molecule is CC1(C(=O)NC(CCC(N)=O)C(=O)O)CCCCC1. The Bertz CT molecular complexity index is 362. The van der Waals surface area contributed by atoms with Crippen LogP contribution in [0.4, 0.5) is 0 Å². The average Bonchev–Trinajstić information content (AvgIpc) is 2.34. The molecule has 0 spiro atoms. The molecular weight excluding hydrogens is 248 g/mol. The molecule has 0 saturated heterocycles. The Balaban J connectivity index is 2.59. The molecule has 1 aliphatic rings. The second-order valence-electron chi connectivity index (χ2n) is 5.49. The van der Waals surface area contributed by atoms with Gasteiger partial charge in [0.1, 0.15) is 6.04 Å². The standard InChI is InChI=1S/C13H22N2O4/c1-13(7-3-2-4-8-13)12(19)15-9(11(17)18)5-6-10(14)16/h9H,2-8H2,1H3,(H2,14,16)(H,15,19)(H,17,18). The minimum atomic E-state index is -1.13. The second-order valence-corrected chi connectivity index (χ2v) is 5.49. The minimum absolute atomic E-state index is 0.0342. The molecule has 0 radical (unpaired) electrons. The summed E-state index contributed by atoms with van der Waals surface area (Å²) in [5.41, 5.74) is 4.51. The Kier molecular flexibility index (Phi) is 5.32. The largest absolute Gasteiger partial charge is 0.480 e. The van der Waals surface area contributed by atoms with E-state index in [0.29, 0.717) is 0 Å². The third-order valence-corrected chi connectivity index (χ3v) is 3.79. The van der Waals surface area contributed by atoms with Gasteiger partial charge >= 0.3 is 5.97 Å². The van der Waals surface area contributed by atoms with Gasteiger partial charge in [0.15, 0.2) is 0 Å². The van der Waals surface area contributed by atoms with Gasteiger partial charge in [0.2, 0.25) is 11.8 Å². The average molecular weight is 270 g/mol. The van der Waals surface area contributed by atoms with Crippen molar-refractivity contribution in [1.82, 2.24) is 5.32 Å². The quantitative estimate of drug-likeness (QED) is 0.662. The smallest absolute Gasteiger partial charge is 0.326 e. The van der Waals surface area contributed by atoms with Gasteiger partial charge in [0.25, 0.3) is 0 Å². The van der Waals surface area contributed by atoms with E-state index in [1.54, 1.807) is 0 Å². The molecule has 0 aliphatic heterocycles. The number of carboxylic acids is 1. The van der Waals surface area contributed by atoms with Crippen molar-refractivity contribution in [3.63, 3.8) is 0 Å². The lowest BCUT2D eigenvalue weighted by molar-refractivity contribution is -0.144. The van der Waals surface area contributed by atoms with E-state index in [0.717, 1.165) is 32.1 Å². The fraction of sp³-hybridized carbons (Fsp3) is 0.769. The van der Waals surface area contributed by atoms with Crippen LogP contribution < -0.4 is 11.1 Å². The summed E-state index contributed by atoms with van der Waals surface area (Å²) in [6.07, 6.45) is 4.64. The van der Waals surface area contributed by atoms with Crippen molar-refractivity contribution < 1.29 is 19.5 Å². The van der Waals surface area contributed by atoms with Gasteiger partial charge in [-0.2, -0.15) is 0 Å². The van der Waals surface area contributed by atoms with Crippen LogP contribution in [-0.4, -0.2) is 28.9 Å². The number of nitrogens with one attached hydrogen (secondary N) is 1. The van der Waals surface area contributed by atoms with Crippen molar-refractivity contribution in [3.05, 3.63) is 0 Å². The molecule has 6 nitrogen and oxygen atoms in total. The van der Waals surface area contributed by atoms with Crippen LogP contribution >= 0.6 is 0 Å². The highest BCUT2D eigenvalue weighted by Crippen LogP contribution is 2.35. The van der Waals surface area contributed by atoms with Gasteiger partial charge in [-0.1, -0.05) is 26.2 Å². The fourth-order valence-corrected chi connectivity index (χ4v) is 2.44. The Morgan fingerprint density at radius 3 is 2.32 bits per heavy atom. The number of hydrogen-bond donors (Lipinski definition) is 3. The zero-order valence-corrected chi connectivity index (χ0v) is 11.3. The highest BCUT2D eigenvalue weighted by Gasteiger charge is 2.36. The number of amides is 2. The first kappa shape index (κ1) is 15.5. The molecule has 2 amide bonds. The second kappa shape index (κ2) is 6.54. The lowest BCUT2D eigenvalue weighted by Gasteiger charge is -2.33. The Hall–Kier alpha value is -1.59. The molecule has 0 aromatic rings. The van der Waals surface area contributed by atoms with Gasteiger partial charge in [-0.3, -0.25) is 9.59 Å². The Labute approximate surface area is 112 Å². The van der Waals surface area contributed by atoms with E-state index in [1.165, 1.54) is 0 Å². The van der Waals surface area contributed by atoms with Crippen molar-refractivity contribution >= 4 is 17.8 Å². The molecule has 0 heterocycles. The first-order valence-electron chi connectivity index (χ1n) is 6.67. The molecule has 0 aromatic carbocycles. The van der Waals surface area contributed by atoms with Gasteiger partial charge < -0.3 is 16.2 Å². The Morgan fingerprint density at radius 1 is 1.26 bits per heavy atom. The number of nitrogens with two attached hydrogens (primary N) is 1. The van der Waals surface area contributed by atoms with Crippen molar-refractivity contribution in [3.8, 4) is 0 Å². The molecule has 1 saturated carbocycles. The van der Waals surface area contributed by atoms with Crippen LogP contribution in [0, 0.1) is 5.41 Å². The molecule has 19 heavy (non-hydrogen) atoms. The normalized spacial score (nSPS) is 19.4. The molecule has 1 aliphatic carbocycles. The number of carbonyl (C=O) groups excluding carboxylic acids is 2. The summed E-state index contributed by atoms with van der Waals surface area (Å²) in [5, 5.41) is 11.6. The molecule has 0 bridgehead atoms. The molecule has 108 valence electrons. The number of aliphatic carboxylic acids is 1. The van der Waals surface area contributed by atoms with Gasteiger partial charge in [0, 0.05) is 11.8 Å². The Morgan fingerprint density at radius 2 is 1.84 bits per heavy atom. The van der Waals surface area contributed by atoms with Crippen LogP contribution in [0.15, 0.2) is 0 Å². The van der Waals surface area contributed by atoms with Crippen LogP contribution in [-0.2, 0) is 14.4 Å². The number of primary amides is 1. The van der Waals surface area contributed by atoms with Crippen LogP contribution in [0.1, 0.15) is 51.9 Å². The van der Waals surface area contributed by atoms with E-state index in [4.69, 9.17) is 10.8 Å². The third kappa shape index (κ3) is 4.54.